The van der Waals surface area contributed by atoms with Gasteiger partial charge in [0.15, 0.2) is 4.96 Å². The molecule has 4 rings (SSSR count). The van der Waals surface area contributed by atoms with Crippen LogP contribution in [-0.2, 0) is 11.3 Å². The normalized spacial score (nSPS) is 10.8. The molecule has 1 N–H and O–H groups in total. The number of nitrogens with one attached hydrogen (secondary N) is 1. The quantitative estimate of drug-likeness (QED) is 0.521. The van der Waals surface area contributed by atoms with Gasteiger partial charge in [0.1, 0.15) is 23.8 Å². The molecule has 0 aliphatic heterocycles. The molecule has 0 fully saturated rings. The number of nitrogens with zero attached hydrogens (tertiary/aromatic N) is 3. The van der Waals surface area contributed by atoms with E-state index in [1.54, 1.807) is 29.8 Å². The molecule has 0 bridgehead atoms. The van der Waals surface area contributed by atoms with Crippen LogP contribution in [0.2, 0.25) is 0 Å². The first-order valence-electron chi connectivity index (χ1n) is 8.21. The van der Waals surface area contributed by atoms with E-state index in [0.29, 0.717) is 10.7 Å². The maximum absolute atomic E-state index is 13.9. The van der Waals surface area contributed by atoms with E-state index in [0.717, 1.165) is 0 Å². The number of pyridine rings is 1. The van der Waals surface area contributed by atoms with Crippen molar-refractivity contribution in [3.63, 3.8) is 0 Å². The van der Waals surface area contributed by atoms with Gasteiger partial charge in [-0.05, 0) is 24.3 Å². The number of hydrogen-bond donors (Lipinski definition) is 1. The summed E-state index contributed by atoms with van der Waals surface area (Å²) in [5.74, 6) is -0.971. The summed E-state index contributed by atoms with van der Waals surface area (Å²) in [6.07, 6.45) is 3.11. The molecule has 0 spiro atoms. The van der Waals surface area contributed by atoms with Gasteiger partial charge in [-0.3, -0.25) is 9.20 Å². The van der Waals surface area contributed by atoms with E-state index in [1.165, 1.54) is 46.2 Å². The van der Waals surface area contributed by atoms with E-state index in [9.17, 15) is 14.0 Å². The molecule has 0 aliphatic carbocycles. The van der Waals surface area contributed by atoms with Gasteiger partial charge >= 0.3 is 5.97 Å². The predicted molar refractivity (Wildman–Crippen MR) is 102 cm³/mol. The van der Waals surface area contributed by atoms with E-state index in [4.69, 9.17) is 4.74 Å². The van der Waals surface area contributed by atoms with Crippen LogP contribution >= 0.6 is 11.3 Å². The average molecular weight is 396 g/mol. The van der Waals surface area contributed by atoms with Gasteiger partial charge in [0, 0.05) is 23.8 Å². The maximum atomic E-state index is 13.9. The van der Waals surface area contributed by atoms with Gasteiger partial charge in [-0.1, -0.05) is 12.1 Å². The molecule has 0 saturated carbocycles. The molecule has 0 aliphatic rings. The zero-order valence-electron chi connectivity index (χ0n) is 14.3. The van der Waals surface area contributed by atoms with E-state index >= 15 is 0 Å². The molecule has 4 aromatic rings. The lowest BCUT2D eigenvalue weighted by atomic mass is 10.2. The molecule has 0 saturated heterocycles. The van der Waals surface area contributed by atoms with Gasteiger partial charge in [-0.25, -0.2) is 19.2 Å². The Morgan fingerprint density at radius 3 is 2.96 bits per heavy atom. The van der Waals surface area contributed by atoms with Gasteiger partial charge in [0.25, 0.3) is 5.56 Å². The van der Waals surface area contributed by atoms with Gasteiger partial charge in [-0.15, -0.1) is 11.3 Å². The summed E-state index contributed by atoms with van der Waals surface area (Å²) in [7, 11) is 0. The van der Waals surface area contributed by atoms with Crippen LogP contribution in [0, 0.1) is 5.82 Å². The molecule has 0 radical (unpaired) electrons. The van der Waals surface area contributed by atoms with Crippen molar-refractivity contribution < 1.29 is 13.9 Å². The van der Waals surface area contributed by atoms with Crippen molar-refractivity contribution in [3.05, 3.63) is 87.7 Å². The number of fused-ring (bicyclic) bond motifs is 1. The summed E-state index contributed by atoms with van der Waals surface area (Å²) in [6.45, 7) is -0.170. The van der Waals surface area contributed by atoms with Gasteiger partial charge in [0.05, 0.1) is 11.4 Å². The first-order valence-corrected chi connectivity index (χ1v) is 9.09. The van der Waals surface area contributed by atoms with Crippen LogP contribution in [0.5, 0.6) is 0 Å². The second-order valence-electron chi connectivity index (χ2n) is 5.72. The summed E-state index contributed by atoms with van der Waals surface area (Å²) in [5, 5.41) is 4.54. The number of rotatable bonds is 5. The molecule has 0 atom stereocenters. The third-order valence-corrected chi connectivity index (χ3v) is 4.62. The molecule has 28 heavy (non-hydrogen) atoms. The molecular weight excluding hydrogens is 383 g/mol. The maximum Gasteiger partial charge on any atom is 0.342 e. The number of thiazole rings is 1. The first kappa shape index (κ1) is 17.8. The highest BCUT2D eigenvalue weighted by molar-refractivity contribution is 7.15. The fourth-order valence-corrected chi connectivity index (χ4v) is 3.28. The highest BCUT2D eigenvalue weighted by Crippen LogP contribution is 2.21. The fraction of sp³-hybridized carbons (Fsp3) is 0.0526. The van der Waals surface area contributed by atoms with Crippen molar-refractivity contribution in [1.29, 1.82) is 0 Å². The van der Waals surface area contributed by atoms with Crippen molar-refractivity contribution in [2.75, 3.05) is 5.32 Å². The fourth-order valence-electron chi connectivity index (χ4n) is 2.54. The van der Waals surface area contributed by atoms with Crippen LogP contribution in [0.15, 0.2) is 65.0 Å². The Morgan fingerprint density at radius 1 is 1.25 bits per heavy atom. The van der Waals surface area contributed by atoms with Crippen LogP contribution in [0.1, 0.15) is 16.1 Å². The van der Waals surface area contributed by atoms with Crippen LogP contribution < -0.4 is 10.9 Å². The SMILES string of the molecule is O=C(OCc1cc(=O)n2ccsc2n1)c1cccnc1Nc1ccccc1F. The van der Waals surface area contributed by atoms with E-state index < -0.39 is 11.8 Å². The number of para-hydroxylation sites is 1. The third-order valence-electron chi connectivity index (χ3n) is 3.86. The highest BCUT2D eigenvalue weighted by atomic mass is 32.1. The minimum atomic E-state index is -0.667. The molecular formula is C19H13FN4O3S. The van der Waals surface area contributed by atoms with Gasteiger partial charge in [0.2, 0.25) is 0 Å². The minimum Gasteiger partial charge on any atom is -0.455 e. The zero-order valence-corrected chi connectivity index (χ0v) is 15.1. The molecule has 0 amide bonds. The summed E-state index contributed by atoms with van der Waals surface area (Å²) in [6, 6.07) is 10.5. The molecule has 0 unspecified atom stereocenters. The van der Waals surface area contributed by atoms with Crippen molar-refractivity contribution in [2.45, 2.75) is 6.61 Å². The molecule has 140 valence electrons. The topological polar surface area (TPSA) is 85.6 Å². The van der Waals surface area contributed by atoms with Crippen molar-refractivity contribution >= 4 is 33.8 Å². The number of aromatic nitrogens is 3. The molecule has 3 aromatic heterocycles. The number of ether oxygens (including phenoxy) is 1. The lowest BCUT2D eigenvalue weighted by molar-refractivity contribution is 0.0468. The lowest BCUT2D eigenvalue weighted by Crippen LogP contribution is -2.15. The number of carbonyl (C=O) groups excluding carboxylic acids is 1. The molecule has 9 heteroatoms. The van der Waals surface area contributed by atoms with Gasteiger partial charge in [-0.2, -0.15) is 0 Å². The molecule has 1 aromatic carbocycles. The largest absolute Gasteiger partial charge is 0.455 e. The van der Waals surface area contributed by atoms with Crippen LogP contribution in [-0.4, -0.2) is 20.3 Å². The summed E-state index contributed by atoms with van der Waals surface area (Å²) in [4.78, 5) is 33.4. The van der Waals surface area contributed by atoms with Crippen LogP contribution in [0.25, 0.3) is 4.96 Å². The van der Waals surface area contributed by atoms with E-state index in [2.05, 4.69) is 15.3 Å². The lowest BCUT2D eigenvalue weighted by Gasteiger charge is -2.11. The Kier molecular flexibility index (Phi) is 4.81. The smallest absolute Gasteiger partial charge is 0.342 e. The third kappa shape index (κ3) is 3.60. The van der Waals surface area contributed by atoms with Crippen molar-refractivity contribution in [1.82, 2.24) is 14.4 Å². The zero-order chi connectivity index (χ0) is 19.5. The number of carbonyl (C=O) groups is 1. The Morgan fingerprint density at radius 2 is 2.11 bits per heavy atom. The Balaban J connectivity index is 1.53. The van der Waals surface area contributed by atoms with E-state index in [1.807, 2.05) is 0 Å². The predicted octanol–water partition coefficient (Wildman–Crippen LogP) is 3.39. The van der Waals surface area contributed by atoms with Crippen LogP contribution in [0.4, 0.5) is 15.9 Å². The summed E-state index contributed by atoms with van der Waals surface area (Å²) in [5.41, 5.74) is 0.418. The molecule has 3 heterocycles. The number of benzene rings is 1. The standard InChI is InChI=1S/C19H13FN4O3S/c20-14-5-1-2-6-15(14)23-17-13(4-3-7-21-17)18(26)27-11-12-10-16(25)24-8-9-28-19(24)22-12/h1-10H,11H2,(H,21,23). The molecule has 7 nitrogen and oxygen atoms in total. The summed E-state index contributed by atoms with van der Waals surface area (Å²) < 4.78 is 20.6. The highest BCUT2D eigenvalue weighted by Gasteiger charge is 2.16. The Labute approximate surface area is 162 Å². The summed E-state index contributed by atoms with van der Waals surface area (Å²) >= 11 is 1.31. The Hall–Kier alpha value is -3.59. The number of hydrogen-bond acceptors (Lipinski definition) is 7. The van der Waals surface area contributed by atoms with Crippen LogP contribution in [0.3, 0.4) is 0 Å². The minimum absolute atomic E-state index is 0.139. The number of anilines is 2. The monoisotopic (exact) mass is 396 g/mol. The second kappa shape index (κ2) is 7.57. The van der Waals surface area contributed by atoms with Gasteiger partial charge < -0.3 is 10.1 Å². The average Bonchev–Trinajstić information content (AvgIpc) is 3.18. The number of halogens is 1. The second-order valence-corrected chi connectivity index (χ2v) is 6.59. The van der Waals surface area contributed by atoms with Crippen molar-refractivity contribution in [2.24, 2.45) is 0 Å². The first-order chi connectivity index (χ1) is 13.6. The number of esters is 1. The van der Waals surface area contributed by atoms with E-state index in [-0.39, 0.29) is 29.2 Å². The Bertz CT molecular complexity index is 1220. The van der Waals surface area contributed by atoms with Crippen molar-refractivity contribution in [3.8, 4) is 0 Å².